The number of carbonyl (C=O) groups excluding carboxylic acids is 1. The van der Waals surface area contributed by atoms with E-state index in [1.807, 2.05) is 48.2 Å². The van der Waals surface area contributed by atoms with Crippen LogP contribution in [0, 0.1) is 12.8 Å². The first-order valence-corrected chi connectivity index (χ1v) is 8.64. The summed E-state index contributed by atoms with van der Waals surface area (Å²) in [5.74, 6) is 1.97. The second kappa shape index (κ2) is 8.01. The Labute approximate surface area is 148 Å². The average Bonchev–Trinajstić information content (AvgIpc) is 2.67. The summed E-state index contributed by atoms with van der Waals surface area (Å²) in [6, 6.07) is 11.3. The molecule has 1 fully saturated rings. The molecule has 1 aliphatic heterocycles. The normalized spacial score (nSPS) is 17.2. The maximum atomic E-state index is 12.6. The highest BCUT2D eigenvalue weighted by Crippen LogP contribution is 2.23. The molecule has 1 unspecified atom stereocenters. The lowest BCUT2D eigenvalue weighted by Crippen LogP contribution is -2.41. The second-order valence-corrected chi connectivity index (χ2v) is 6.44. The van der Waals surface area contributed by atoms with Crippen molar-refractivity contribution < 1.29 is 14.3 Å². The Morgan fingerprint density at radius 2 is 2.12 bits per heavy atom. The predicted molar refractivity (Wildman–Crippen MR) is 96.1 cm³/mol. The van der Waals surface area contributed by atoms with Crippen LogP contribution in [-0.4, -0.2) is 42.6 Å². The van der Waals surface area contributed by atoms with E-state index in [1.165, 1.54) is 0 Å². The van der Waals surface area contributed by atoms with Crippen LogP contribution in [0.1, 0.15) is 28.9 Å². The molecule has 1 aromatic carbocycles. The maximum Gasteiger partial charge on any atom is 0.255 e. The molecule has 1 atom stereocenters. The highest BCUT2D eigenvalue weighted by Gasteiger charge is 2.25. The van der Waals surface area contributed by atoms with E-state index in [4.69, 9.17) is 9.47 Å². The van der Waals surface area contributed by atoms with Crippen molar-refractivity contribution >= 4 is 5.91 Å². The monoisotopic (exact) mass is 340 g/mol. The van der Waals surface area contributed by atoms with Crippen molar-refractivity contribution in [3.8, 4) is 11.5 Å². The fourth-order valence-corrected chi connectivity index (χ4v) is 3.07. The molecule has 3 rings (SSSR count). The van der Waals surface area contributed by atoms with Gasteiger partial charge in [0.05, 0.1) is 19.3 Å². The molecule has 132 valence electrons. The molecule has 5 nitrogen and oxygen atoms in total. The van der Waals surface area contributed by atoms with Crippen molar-refractivity contribution in [3.63, 3.8) is 0 Å². The minimum Gasteiger partial charge on any atom is -0.497 e. The zero-order valence-electron chi connectivity index (χ0n) is 14.8. The summed E-state index contributed by atoms with van der Waals surface area (Å²) in [6.07, 6.45) is 3.73. The van der Waals surface area contributed by atoms with Crippen LogP contribution in [0.4, 0.5) is 0 Å². The average molecular weight is 340 g/mol. The van der Waals surface area contributed by atoms with Crippen LogP contribution >= 0.6 is 0 Å². The Balaban J connectivity index is 1.57. The van der Waals surface area contributed by atoms with Gasteiger partial charge in [-0.25, -0.2) is 0 Å². The number of likely N-dealkylation sites (tertiary alicyclic amines) is 1. The highest BCUT2D eigenvalue weighted by atomic mass is 16.5. The number of aromatic nitrogens is 1. The van der Waals surface area contributed by atoms with Gasteiger partial charge in [-0.15, -0.1) is 0 Å². The van der Waals surface area contributed by atoms with Gasteiger partial charge in [0.25, 0.3) is 5.91 Å². The molecule has 2 heterocycles. The molecule has 25 heavy (non-hydrogen) atoms. The zero-order chi connectivity index (χ0) is 17.6. The molecule has 0 spiro atoms. The molecule has 0 aliphatic carbocycles. The maximum absolute atomic E-state index is 12.6. The van der Waals surface area contributed by atoms with E-state index in [1.54, 1.807) is 13.3 Å². The van der Waals surface area contributed by atoms with E-state index in [9.17, 15) is 4.79 Å². The predicted octanol–water partition coefficient (Wildman–Crippen LogP) is 3.33. The van der Waals surface area contributed by atoms with Crippen LogP contribution < -0.4 is 9.47 Å². The number of ether oxygens (including phenoxy) is 2. The van der Waals surface area contributed by atoms with Gasteiger partial charge in [0.2, 0.25) is 0 Å². The summed E-state index contributed by atoms with van der Waals surface area (Å²) < 4.78 is 11.1. The van der Waals surface area contributed by atoms with E-state index < -0.39 is 0 Å². The molecule has 1 aliphatic rings. The third-order valence-electron chi connectivity index (χ3n) is 4.49. The molecule has 5 heteroatoms. The zero-order valence-corrected chi connectivity index (χ0v) is 14.8. The van der Waals surface area contributed by atoms with Gasteiger partial charge in [-0.05, 0) is 44.0 Å². The minimum atomic E-state index is 0.0542. The molecule has 2 aromatic rings. The van der Waals surface area contributed by atoms with Crippen molar-refractivity contribution in [2.24, 2.45) is 5.92 Å². The summed E-state index contributed by atoms with van der Waals surface area (Å²) in [4.78, 5) is 18.8. The van der Waals surface area contributed by atoms with Crippen molar-refractivity contribution in [2.75, 3.05) is 26.8 Å². The van der Waals surface area contributed by atoms with Gasteiger partial charge in [-0.3, -0.25) is 9.78 Å². The number of aryl methyl sites for hydroxylation is 1. The molecule has 1 saturated heterocycles. The first kappa shape index (κ1) is 17.3. The van der Waals surface area contributed by atoms with Crippen LogP contribution in [0.15, 0.2) is 42.6 Å². The number of pyridine rings is 1. The van der Waals surface area contributed by atoms with Crippen LogP contribution in [0.3, 0.4) is 0 Å². The van der Waals surface area contributed by atoms with Crippen LogP contribution in [0.2, 0.25) is 0 Å². The van der Waals surface area contributed by atoms with Gasteiger partial charge in [0.1, 0.15) is 11.5 Å². The summed E-state index contributed by atoms with van der Waals surface area (Å²) in [5.41, 5.74) is 1.57. The first-order valence-electron chi connectivity index (χ1n) is 8.64. The third-order valence-corrected chi connectivity index (χ3v) is 4.49. The molecular weight excluding hydrogens is 316 g/mol. The number of piperidine rings is 1. The fraction of sp³-hybridized carbons (Fsp3) is 0.400. The van der Waals surface area contributed by atoms with E-state index in [0.29, 0.717) is 18.1 Å². The molecule has 0 N–H and O–H groups in total. The number of methoxy groups -OCH3 is 1. The quantitative estimate of drug-likeness (QED) is 0.838. The lowest BCUT2D eigenvalue weighted by molar-refractivity contribution is 0.0633. The van der Waals surface area contributed by atoms with Gasteiger partial charge in [-0.2, -0.15) is 0 Å². The standard InChI is InChI=1S/C20H24N2O3/c1-15-8-9-17(12-21-15)20(23)22-10-4-5-16(13-22)14-25-19-7-3-6-18(11-19)24-2/h3,6-9,11-12,16H,4-5,10,13-14H2,1-2H3. The lowest BCUT2D eigenvalue weighted by atomic mass is 9.98. The first-order chi connectivity index (χ1) is 12.2. The highest BCUT2D eigenvalue weighted by molar-refractivity contribution is 5.94. The number of amides is 1. The van der Waals surface area contributed by atoms with Crippen LogP contribution in [0.5, 0.6) is 11.5 Å². The van der Waals surface area contributed by atoms with Crippen LogP contribution in [-0.2, 0) is 0 Å². The summed E-state index contributed by atoms with van der Waals surface area (Å²) in [6.45, 7) is 4.03. The Morgan fingerprint density at radius 3 is 2.88 bits per heavy atom. The molecule has 0 saturated carbocycles. The van der Waals surface area contributed by atoms with Gasteiger partial charge < -0.3 is 14.4 Å². The number of benzene rings is 1. The summed E-state index contributed by atoms with van der Waals surface area (Å²) in [5, 5.41) is 0. The van der Waals surface area contributed by atoms with Gasteiger partial charge in [0.15, 0.2) is 0 Å². The molecule has 1 amide bonds. The van der Waals surface area contributed by atoms with Crippen LogP contribution in [0.25, 0.3) is 0 Å². The third kappa shape index (κ3) is 4.50. The Kier molecular flexibility index (Phi) is 5.53. The molecule has 0 radical (unpaired) electrons. The van der Waals surface area contributed by atoms with Crippen molar-refractivity contribution in [3.05, 3.63) is 53.9 Å². The van der Waals surface area contributed by atoms with Crippen molar-refractivity contribution in [1.29, 1.82) is 0 Å². The lowest BCUT2D eigenvalue weighted by Gasteiger charge is -2.32. The largest absolute Gasteiger partial charge is 0.497 e. The smallest absolute Gasteiger partial charge is 0.255 e. The van der Waals surface area contributed by atoms with Gasteiger partial charge in [0, 0.05) is 37.0 Å². The van der Waals surface area contributed by atoms with Gasteiger partial charge >= 0.3 is 0 Å². The van der Waals surface area contributed by atoms with E-state index in [-0.39, 0.29) is 5.91 Å². The minimum absolute atomic E-state index is 0.0542. The summed E-state index contributed by atoms with van der Waals surface area (Å²) in [7, 11) is 1.64. The van der Waals surface area contributed by atoms with E-state index in [0.717, 1.165) is 43.1 Å². The Hall–Kier alpha value is -2.56. The van der Waals surface area contributed by atoms with Gasteiger partial charge in [-0.1, -0.05) is 6.07 Å². The van der Waals surface area contributed by atoms with Crippen molar-refractivity contribution in [2.45, 2.75) is 19.8 Å². The SMILES string of the molecule is COc1cccc(OCC2CCCN(C(=O)c3ccc(C)nc3)C2)c1. The molecule has 1 aromatic heterocycles. The van der Waals surface area contributed by atoms with E-state index in [2.05, 4.69) is 4.98 Å². The number of rotatable bonds is 5. The second-order valence-electron chi connectivity index (χ2n) is 6.44. The van der Waals surface area contributed by atoms with Crippen molar-refractivity contribution in [1.82, 2.24) is 9.88 Å². The number of nitrogens with zero attached hydrogens (tertiary/aromatic N) is 2. The fourth-order valence-electron chi connectivity index (χ4n) is 3.07. The molecular formula is C20H24N2O3. The molecule has 0 bridgehead atoms. The Morgan fingerprint density at radius 1 is 1.28 bits per heavy atom. The Bertz CT molecular complexity index is 715. The number of hydrogen-bond donors (Lipinski definition) is 0. The number of hydrogen-bond acceptors (Lipinski definition) is 4. The summed E-state index contributed by atoms with van der Waals surface area (Å²) >= 11 is 0. The number of carbonyl (C=O) groups is 1. The topological polar surface area (TPSA) is 51.7 Å². The van der Waals surface area contributed by atoms with E-state index >= 15 is 0 Å².